The summed E-state index contributed by atoms with van der Waals surface area (Å²) in [7, 11) is 0. The molecule has 2 heterocycles. The molecule has 0 fully saturated rings. The van der Waals surface area contributed by atoms with Crippen LogP contribution in [0, 0.1) is 6.04 Å². The molecule has 0 saturated carbocycles. The van der Waals surface area contributed by atoms with Crippen molar-refractivity contribution in [3.63, 3.8) is 0 Å². The van der Waals surface area contributed by atoms with Crippen molar-refractivity contribution in [2.45, 2.75) is 20.0 Å². The van der Waals surface area contributed by atoms with Gasteiger partial charge in [0, 0.05) is 19.9 Å². The molecule has 0 aromatic carbocycles. The number of rotatable bonds is 0. The average Bonchev–Trinajstić information content (AvgIpc) is 2.59. The van der Waals surface area contributed by atoms with Gasteiger partial charge in [-0.25, -0.2) is 9.98 Å². The minimum Gasteiger partial charge on any atom is -0.467 e. The van der Waals surface area contributed by atoms with Gasteiger partial charge < -0.3 is 9.47 Å². The Morgan fingerprint density at radius 3 is 2.93 bits per heavy atom. The van der Waals surface area contributed by atoms with Crippen molar-refractivity contribution in [3.05, 3.63) is 29.7 Å². The molecular formula is C10H9N2O2. The van der Waals surface area contributed by atoms with E-state index in [-0.39, 0.29) is 6.10 Å². The van der Waals surface area contributed by atoms with Crippen LogP contribution in [-0.2, 0) is 9.47 Å². The molecule has 0 saturated heterocycles. The number of fused-ring (bicyclic) bond motifs is 2. The quantitative estimate of drug-likeness (QED) is 0.580. The van der Waals surface area contributed by atoms with E-state index < -0.39 is 0 Å². The smallest absolute Gasteiger partial charge is 0.188 e. The van der Waals surface area contributed by atoms with Crippen LogP contribution in [0.4, 0.5) is 0 Å². The second-order valence-corrected chi connectivity index (χ2v) is 3.39. The summed E-state index contributed by atoms with van der Waals surface area (Å²) in [4.78, 5) is 8.50. The third kappa shape index (κ3) is 0.999. The molecule has 0 aromatic rings. The fourth-order valence-corrected chi connectivity index (χ4v) is 1.71. The van der Waals surface area contributed by atoms with E-state index in [4.69, 9.17) is 9.47 Å². The first kappa shape index (κ1) is 7.79. The molecule has 4 heteroatoms. The molecule has 4 nitrogen and oxygen atoms in total. The number of hydrogen-bond acceptors (Lipinski definition) is 4. The van der Waals surface area contributed by atoms with E-state index in [1.54, 1.807) is 0 Å². The molecule has 1 radical (unpaired) electrons. The number of nitrogens with zero attached hydrogens (tertiary/aromatic N) is 2. The lowest BCUT2D eigenvalue weighted by Gasteiger charge is -2.14. The molecule has 1 atom stereocenters. The van der Waals surface area contributed by atoms with Crippen molar-refractivity contribution in [2.75, 3.05) is 0 Å². The molecule has 14 heavy (non-hydrogen) atoms. The van der Waals surface area contributed by atoms with Gasteiger partial charge in [-0.05, 0) is 6.08 Å². The lowest BCUT2D eigenvalue weighted by Crippen LogP contribution is -2.13. The SMILES string of the molecule is CC1=N[C]2C=C3N=C(C)OC3C=C2O1. The molecule has 1 unspecified atom stereocenters. The Bertz CT molecular complexity index is 418. The molecule has 0 aromatic heterocycles. The van der Waals surface area contributed by atoms with Crippen LogP contribution in [0.2, 0.25) is 0 Å². The van der Waals surface area contributed by atoms with E-state index in [0.717, 1.165) is 17.5 Å². The van der Waals surface area contributed by atoms with Crippen LogP contribution in [0.15, 0.2) is 33.6 Å². The Morgan fingerprint density at radius 1 is 1.21 bits per heavy atom. The Labute approximate surface area is 81.6 Å². The standard InChI is InChI=1S/C10H9N2O2/c1-5-11-7-3-8-10(4-9(7)13-5)14-6(2)12-8/h3-4,9H,1-2H3. The molecular weight excluding hydrogens is 180 g/mol. The summed E-state index contributed by atoms with van der Waals surface area (Å²) in [6, 6.07) is 0.843. The molecule has 3 rings (SSSR count). The van der Waals surface area contributed by atoms with Crippen LogP contribution in [0.3, 0.4) is 0 Å². The van der Waals surface area contributed by atoms with Gasteiger partial charge in [0.1, 0.15) is 5.76 Å². The van der Waals surface area contributed by atoms with Gasteiger partial charge in [0.15, 0.2) is 23.9 Å². The maximum absolute atomic E-state index is 5.47. The van der Waals surface area contributed by atoms with E-state index in [0.29, 0.717) is 11.8 Å². The van der Waals surface area contributed by atoms with Gasteiger partial charge in [-0.1, -0.05) is 0 Å². The summed E-state index contributed by atoms with van der Waals surface area (Å²) in [6.45, 7) is 3.67. The Hall–Kier alpha value is -1.58. The Morgan fingerprint density at radius 2 is 2.07 bits per heavy atom. The van der Waals surface area contributed by atoms with Gasteiger partial charge in [0.05, 0.1) is 5.70 Å². The fourth-order valence-electron chi connectivity index (χ4n) is 1.71. The first-order chi connectivity index (χ1) is 6.72. The molecule has 3 aliphatic rings. The third-order valence-electron chi connectivity index (χ3n) is 2.25. The predicted molar refractivity (Wildman–Crippen MR) is 51.6 cm³/mol. The zero-order chi connectivity index (χ0) is 9.71. The lowest BCUT2D eigenvalue weighted by molar-refractivity contribution is 0.280. The zero-order valence-electron chi connectivity index (χ0n) is 7.94. The van der Waals surface area contributed by atoms with Crippen LogP contribution in [-0.4, -0.2) is 17.9 Å². The van der Waals surface area contributed by atoms with Gasteiger partial charge in [-0.15, -0.1) is 0 Å². The summed E-state index contributed by atoms with van der Waals surface area (Å²) >= 11 is 0. The van der Waals surface area contributed by atoms with Crippen molar-refractivity contribution in [1.29, 1.82) is 0 Å². The Balaban J connectivity index is 1.99. The predicted octanol–water partition coefficient (Wildman–Crippen LogP) is 1.57. The highest BCUT2D eigenvalue weighted by Gasteiger charge is 2.33. The topological polar surface area (TPSA) is 43.2 Å². The monoisotopic (exact) mass is 189 g/mol. The molecule has 0 spiro atoms. The van der Waals surface area contributed by atoms with Crippen molar-refractivity contribution in [3.8, 4) is 0 Å². The lowest BCUT2D eigenvalue weighted by atomic mass is 10.1. The van der Waals surface area contributed by atoms with Crippen molar-refractivity contribution >= 4 is 11.8 Å². The zero-order valence-corrected chi connectivity index (χ0v) is 7.94. The summed E-state index contributed by atoms with van der Waals surface area (Å²) in [5.74, 6) is 2.14. The molecule has 0 amide bonds. The number of ether oxygens (including phenoxy) is 2. The highest BCUT2D eigenvalue weighted by atomic mass is 16.5. The highest BCUT2D eigenvalue weighted by Crippen LogP contribution is 2.35. The van der Waals surface area contributed by atoms with Crippen LogP contribution < -0.4 is 0 Å². The van der Waals surface area contributed by atoms with Crippen molar-refractivity contribution < 1.29 is 9.47 Å². The summed E-state index contributed by atoms with van der Waals surface area (Å²) in [5, 5.41) is 0. The first-order valence-corrected chi connectivity index (χ1v) is 4.48. The van der Waals surface area contributed by atoms with Gasteiger partial charge >= 0.3 is 0 Å². The molecule has 1 aliphatic carbocycles. The van der Waals surface area contributed by atoms with E-state index in [1.165, 1.54) is 0 Å². The van der Waals surface area contributed by atoms with E-state index in [2.05, 4.69) is 9.98 Å². The van der Waals surface area contributed by atoms with Crippen molar-refractivity contribution in [2.24, 2.45) is 9.98 Å². The molecule has 2 aliphatic heterocycles. The fraction of sp³-hybridized carbons (Fsp3) is 0.300. The van der Waals surface area contributed by atoms with Crippen LogP contribution in [0.5, 0.6) is 0 Å². The van der Waals surface area contributed by atoms with Crippen molar-refractivity contribution in [1.82, 2.24) is 0 Å². The molecule has 71 valence electrons. The van der Waals surface area contributed by atoms with E-state index in [9.17, 15) is 0 Å². The van der Waals surface area contributed by atoms with Crippen LogP contribution in [0.1, 0.15) is 13.8 Å². The van der Waals surface area contributed by atoms with Gasteiger partial charge in [0.25, 0.3) is 0 Å². The van der Waals surface area contributed by atoms with E-state index >= 15 is 0 Å². The molecule has 0 N–H and O–H groups in total. The van der Waals surface area contributed by atoms with Gasteiger partial charge in [-0.2, -0.15) is 0 Å². The number of hydrogen-bond donors (Lipinski definition) is 0. The minimum atomic E-state index is -0.0881. The summed E-state index contributed by atoms with van der Waals surface area (Å²) in [5.41, 5.74) is 0.906. The van der Waals surface area contributed by atoms with Gasteiger partial charge in [0.2, 0.25) is 0 Å². The maximum Gasteiger partial charge on any atom is 0.188 e. The second kappa shape index (κ2) is 2.47. The van der Waals surface area contributed by atoms with Crippen LogP contribution in [0.25, 0.3) is 0 Å². The maximum atomic E-state index is 5.47. The average molecular weight is 189 g/mol. The number of aliphatic imine (C=N–C) groups is 2. The highest BCUT2D eigenvalue weighted by molar-refractivity contribution is 5.82. The summed E-state index contributed by atoms with van der Waals surface area (Å²) < 4.78 is 10.9. The first-order valence-electron chi connectivity index (χ1n) is 4.48. The molecule has 0 bridgehead atoms. The summed E-state index contributed by atoms with van der Waals surface area (Å²) in [6.07, 6.45) is 3.73. The largest absolute Gasteiger partial charge is 0.467 e. The van der Waals surface area contributed by atoms with Gasteiger partial charge in [-0.3, -0.25) is 0 Å². The van der Waals surface area contributed by atoms with E-state index in [1.807, 2.05) is 26.0 Å². The third-order valence-corrected chi connectivity index (χ3v) is 2.25. The van der Waals surface area contributed by atoms with Crippen LogP contribution >= 0.6 is 0 Å². The minimum absolute atomic E-state index is 0.0881. The second-order valence-electron chi connectivity index (χ2n) is 3.39. The Kier molecular flexibility index (Phi) is 1.37. The normalized spacial score (nSPS) is 29.1.